The number of aromatic carboxylic acids is 1. The quantitative estimate of drug-likeness (QED) is 0.911. The van der Waals surface area contributed by atoms with Crippen LogP contribution in [0.5, 0.6) is 0 Å². The molecule has 0 saturated carbocycles. The van der Waals surface area contributed by atoms with E-state index in [0.717, 1.165) is 29.9 Å². The number of hydrogen-bond acceptors (Lipinski definition) is 4. The normalized spacial score (nSPS) is 18.1. The zero-order valence-corrected chi connectivity index (χ0v) is 12.5. The number of nitrogens with one attached hydrogen (secondary N) is 1. The molecule has 0 amide bonds. The van der Waals surface area contributed by atoms with Crippen LogP contribution in [-0.2, 0) is 0 Å². The largest absolute Gasteiger partial charge is 0.478 e. The van der Waals surface area contributed by atoms with Crippen molar-refractivity contribution in [2.75, 3.05) is 6.54 Å². The van der Waals surface area contributed by atoms with Crippen LogP contribution in [0.3, 0.4) is 0 Å². The van der Waals surface area contributed by atoms with Crippen molar-refractivity contribution >= 4 is 5.97 Å². The second-order valence-corrected chi connectivity index (χ2v) is 5.61. The maximum Gasteiger partial charge on any atom is 0.335 e. The van der Waals surface area contributed by atoms with Gasteiger partial charge in [-0.3, -0.25) is 0 Å². The van der Waals surface area contributed by atoms with Gasteiger partial charge in [0.05, 0.1) is 17.0 Å². The number of benzene rings is 1. The Bertz CT molecular complexity index is 694. The predicted octanol–water partition coefficient (Wildman–Crippen LogP) is 2.96. The van der Waals surface area contributed by atoms with E-state index >= 15 is 0 Å². The smallest absolute Gasteiger partial charge is 0.335 e. The maximum absolute atomic E-state index is 11.1. The number of carboxylic acids is 1. The molecule has 2 N–H and O–H groups in total. The first-order valence-electron chi connectivity index (χ1n) is 7.56. The van der Waals surface area contributed by atoms with Crippen molar-refractivity contribution in [1.29, 1.82) is 0 Å². The molecule has 1 aliphatic rings. The Morgan fingerprint density at radius 2 is 2.14 bits per heavy atom. The zero-order valence-electron chi connectivity index (χ0n) is 12.5. The molecular weight excluding hydrogens is 278 g/mol. The molecule has 0 bridgehead atoms. The van der Waals surface area contributed by atoms with E-state index in [1.54, 1.807) is 18.2 Å². The fourth-order valence-electron chi connectivity index (χ4n) is 2.83. The molecule has 0 aliphatic carbocycles. The average molecular weight is 297 g/mol. The molecule has 0 radical (unpaired) electrons. The van der Waals surface area contributed by atoms with Gasteiger partial charge in [0.15, 0.2) is 0 Å². The number of nitrogens with zero attached hydrogens (tertiary/aromatic N) is 2. The topological polar surface area (TPSA) is 75.1 Å². The molecule has 2 aromatic rings. The molecule has 5 heteroatoms. The van der Waals surface area contributed by atoms with E-state index in [1.807, 2.05) is 19.1 Å². The van der Waals surface area contributed by atoms with Crippen LogP contribution >= 0.6 is 0 Å². The van der Waals surface area contributed by atoms with Gasteiger partial charge in [-0.15, -0.1) is 0 Å². The summed E-state index contributed by atoms with van der Waals surface area (Å²) in [4.78, 5) is 20.1. The summed E-state index contributed by atoms with van der Waals surface area (Å²) in [6.45, 7) is 2.88. The Balaban J connectivity index is 1.98. The second kappa shape index (κ2) is 6.23. The molecule has 1 saturated heterocycles. The molecule has 1 atom stereocenters. The summed E-state index contributed by atoms with van der Waals surface area (Å²) in [7, 11) is 0. The van der Waals surface area contributed by atoms with Crippen molar-refractivity contribution in [2.45, 2.75) is 32.2 Å². The summed E-state index contributed by atoms with van der Waals surface area (Å²) in [5.74, 6) is -0.220. The summed E-state index contributed by atoms with van der Waals surface area (Å²) < 4.78 is 0. The van der Waals surface area contributed by atoms with E-state index in [1.165, 1.54) is 12.8 Å². The lowest BCUT2D eigenvalue weighted by Crippen LogP contribution is -2.27. The van der Waals surface area contributed by atoms with Crippen molar-refractivity contribution in [3.05, 3.63) is 47.4 Å². The van der Waals surface area contributed by atoms with E-state index in [2.05, 4.69) is 15.3 Å². The standard InChI is InChI=1S/C17H19N3O2/c1-11-19-15(12-5-4-6-13(9-12)17(21)22)10-16(20-11)14-7-2-3-8-18-14/h4-6,9-10,14,18H,2-3,7-8H2,1H3,(H,21,22)/t14-/m0/s1. The van der Waals surface area contributed by atoms with Crippen LogP contribution in [0.25, 0.3) is 11.3 Å². The molecule has 1 aromatic heterocycles. The molecule has 22 heavy (non-hydrogen) atoms. The van der Waals surface area contributed by atoms with Gasteiger partial charge < -0.3 is 10.4 Å². The second-order valence-electron chi connectivity index (χ2n) is 5.61. The van der Waals surface area contributed by atoms with Gasteiger partial charge >= 0.3 is 5.97 Å². The molecule has 0 spiro atoms. The molecule has 3 rings (SSSR count). The van der Waals surface area contributed by atoms with E-state index in [0.29, 0.717) is 5.82 Å². The highest BCUT2D eigenvalue weighted by atomic mass is 16.4. The van der Waals surface area contributed by atoms with Crippen molar-refractivity contribution in [3.8, 4) is 11.3 Å². The SMILES string of the molecule is Cc1nc(-c2cccc(C(=O)O)c2)cc([C@@H]2CCCCN2)n1. The van der Waals surface area contributed by atoms with Crippen molar-refractivity contribution in [1.82, 2.24) is 15.3 Å². The molecular formula is C17H19N3O2. The highest BCUT2D eigenvalue weighted by Gasteiger charge is 2.18. The highest BCUT2D eigenvalue weighted by Crippen LogP contribution is 2.25. The van der Waals surface area contributed by atoms with E-state index < -0.39 is 5.97 Å². The zero-order chi connectivity index (χ0) is 15.5. The van der Waals surface area contributed by atoms with Crippen LogP contribution in [0.15, 0.2) is 30.3 Å². The van der Waals surface area contributed by atoms with Gasteiger partial charge in [-0.05, 0) is 44.5 Å². The third-order valence-electron chi connectivity index (χ3n) is 3.93. The van der Waals surface area contributed by atoms with Gasteiger partial charge in [-0.2, -0.15) is 0 Å². The number of carboxylic acid groups (broad SMARTS) is 1. The number of aryl methyl sites for hydroxylation is 1. The van der Waals surface area contributed by atoms with E-state index in [-0.39, 0.29) is 11.6 Å². The highest BCUT2D eigenvalue weighted by molar-refractivity contribution is 5.89. The molecule has 1 aliphatic heterocycles. The molecule has 114 valence electrons. The maximum atomic E-state index is 11.1. The monoisotopic (exact) mass is 297 g/mol. The summed E-state index contributed by atoms with van der Waals surface area (Å²) in [5.41, 5.74) is 2.84. The summed E-state index contributed by atoms with van der Waals surface area (Å²) in [5, 5.41) is 12.6. The fraction of sp³-hybridized carbons (Fsp3) is 0.353. The number of aromatic nitrogens is 2. The van der Waals surface area contributed by atoms with Gasteiger partial charge in [-0.1, -0.05) is 18.6 Å². The number of carbonyl (C=O) groups is 1. The van der Waals surface area contributed by atoms with Crippen LogP contribution in [0.4, 0.5) is 0 Å². The Labute approximate surface area is 129 Å². The first kappa shape index (κ1) is 14.7. The van der Waals surface area contributed by atoms with E-state index in [4.69, 9.17) is 5.11 Å². The lowest BCUT2D eigenvalue weighted by atomic mass is 10.00. The number of rotatable bonds is 3. The Morgan fingerprint density at radius 3 is 2.86 bits per heavy atom. The lowest BCUT2D eigenvalue weighted by molar-refractivity contribution is 0.0697. The fourth-order valence-corrected chi connectivity index (χ4v) is 2.83. The third kappa shape index (κ3) is 3.14. The van der Waals surface area contributed by atoms with Crippen molar-refractivity contribution in [3.63, 3.8) is 0 Å². The van der Waals surface area contributed by atoms with Gasteiger partial charge in [0, 0.05) is 11.6 Å². The van der Waals surface area contributed by atoms with Crippen LogP contribution in [0.1, 0.15) is 47.2 Å². The molecule has 1 aromatic carbocycles. The van der Waals surface area contributed by atoms with Crippen molar-refractivity contribution in [2.24, 2.45) is 0 Å². The van der Waals surface area contributed by atoms with Gasteiger partial charge in [0.1, 0.15) is 5.82 Å². The van der Waals surface area contributed by atoms with Gasteiger partial charge in [0.2, 0.25) is 0 Å². The van der Waals surface area contributed by atoms with Gasteiger partial charge in [-0.25, -0.2) is 14.8 Å². The first-order valence-corrected chi connectivity index (χ1v) is 7.56. The predicted molar refractivity (Wildman–Crippen MR) is 83.8 cm³/mol. The number of piperidine rings is 1. The average Bonchev–Trinajstić information content (AvgIpc) is 2.55. The van der Waals surface area contributed by atoms with Crippen molar-refractivity contribution < 1.29 is 9.90 Å². The summed E-state index contributed by atoms with van der Waals surface area (Å²) in [6, 6.07) is 9.10. The minimum absolute atomic E-state index is 0.261. The minimum atomic E-state index is -0.929. The summed E-state index contributed by atoms with van der Waals surface area (Å²) in [6.07, 6.45) is 3.48. The van der Waals surface area contributed by atoms with Crippen LogP contribution < -0.4 is 5.32 Å². The van der Waals surface area contributed by atoms with Crippen LogP contribution in [0.2, 0.25) is 0 Å². The van der Waals surface area contributed by atoms with Crippen LogP contribution in [-0.4, -0.2) is 27.6 Å². The first-order chi connectivity index (χ1) is 10.6. The minimum Gasteiger partial charge on any atom is -0.478 e. The molecule has 0 unspecified atom stereocenters. The van der Waals surface area contributed by atoms with E-state index in [9.17, 15) is 4.79 Å². The summed E-state index contributed by atoms with van der Waals surface area (Å²) >= 11 is 0. The van der Waals surface area contributed by atoms with Gasteiger partial charge in [0.25, 0.3) is 0 Å². The lowest BCUT2D eigenvalue weighted by Gasteiger charge is -2.23. The number of hydrogen-bond donors (Lipinski definition) is 2. The Hall–Kier alpha value is -2.27. The van der Waals surface area contributed by atoms with Crippen LogP contribution in [0, 0.1) is 6.92 Å². The third-order valence-corrected chi connectivity index (χ3v) is 3.93. The molecule has 2 heterocycles. The Morgan fingerprint density at radius 1 is 1.27 bits per heavy atom. The Kier molecular flexibility index (Phi) is 4.15. The molecule has 5 nitrogen and oxygen atoms in total. The molecule has 1 fully saturated rings.